The van der Waals surface area contributed by atoms with Crippen LogP contribution in [0.4, 0.5) is 4.79 Å². The van der Waals surface area contributed by atoms with Crippen LogP contribution in [0.3, 0.4) is 0 Å². The van der Waals surface area contributed by atoms with Gasteiger partial charge in [0.05, 0.1) is 17.2 Å². The van der Waals surface area contributed by atoms with Crippen molar-refractivity contribution in [3.8, 4) is 0 Å². The summed E-state index contributed by atoms with van der Waals surface area (Å²) in [5, 5.41) is 16.3. The van der Waals surface area contributed by atoms with E-state index < -0.39 is 0 Å². The average Bonchev–Trinajstić information content (AvgIpc) is 2.83. The number of aromatic nitrogens is 1. The molecule has 0 aromatic carbocycles. The Labute approximate surface area is 136 Å². The van der Waals surface area contributed by atoms with Crippen LogP contribution in [0.1, 0.15) is 54.1 Å². The first kappa shape index (κ1) is 17.2. The number of rotatable bonds is 6. The largest absolute Gasteiger partial charge is 0.396 e. The average molecular weight is 325 g/mol. The second kappa shape index (κ2) is 8.48. The summed E-state index contributed by atoms with van der Waals surface area (Å²) in [5.41, 5.74) is 0.988. The van der Waals surface area contributed by atoms with E-state index in [-0.39, 0.29) is 18.7 Å². The third-order valence-electron chi connectivity index (χ3n) is 4.38. The fraction of sp³-hybridized carbons (Fsp3) is 0.750. The van der Waals surface area contributed by atoms with E-state index >= 15 is 0 Å². The molecule has 2 rings (SSSR count). The number of aliphatic hydroxyl groups excluding tert-OH is 1. The fourth-order valence-electron chi connectivity index (χ4n) is 3.22. The Morgan fingerprint density at radius 3 is 2.68 bits per heavy atom. The van der Waals surface area contributed by atoms with Crippen molar-refractivity contribution >= 4 is 17.4 Å². The van der Waals surface area contributed by atoms with E-state index in [1.54, 1.807) is 11.3 Å². The number of thiazole rings is 1. The van der Waals surface area contributed by atoms with E-state index in [9.17, 15) is 9.90 Å². The highest BCUT2D eigenvalue weighted by Crippen LogP contribution is 2.27. The molecule has 0 radical (unpaired) electrons. The maximum absolute atomic E-state index is 12.1. The highest BCUT2D eigenvalue weighted by atomic mass is 32.1. The van der Waals surface area contributed by atoms with Crippen molar-refractivity contribution in [3.63, 3.8) is 0 Å². The van der Waals surface area contributed by atoms with Crippen LogP contribution in [0, 0.1) is 19.8 Å². The highest BCUT2D eigenvalue weighted by molar-refractivity contribution is 7.11. The van der Waals surface area contributed by atoms with Crippen LogP contribution in [0.15, 0.2) is 0 Å². The topological polar surface area (TPSA) is 74.2 Å². The maximum atomic E-state index is 12.1. The molecule has 1 aliphatic rings. The number of hydrogen-bond donors (Lipinski definition) is 3. The molecule has 1 fully saturated rings. The molecule has 1 aliphatic carbocycles. The second-order valence-corrected chi connectivity index (χ2v) is 7.37. The smallest absolute Gasteiger partial charge is 0.315 e. The molecule has 1 unspecified atom stereocenters. The standard InChI is InChI=1S/C16H27N3O2S/c1-11-15(22-12(2)18-11)10-17-16(21)19-14(8-9-20)13-6-4-3-5-7-13/h13-14,20H,3-10H2,1-2H3,(H2,17,19,21). The molecule has 1 heterocycles. The molecule has 1 saturated carbocycles. The third-order valence-corrected chi connectivity index (χ3v) is 5.46. The Bertz CT molecular complexity index is 484. The van der Waals surface area contributed by atoms with Gasteiger partial charge in [0.15, 0.2) is 0 Å². The molecule has 2 amide bonds. The van der Waals surface area contributed by atoms with Gasteiger partial charge < -0.3 is 15.7 Å². The van der Waals surface area contributed by atoms with Gasteiger partial charge in [0.2, 0.25) is 0 Å². The van der Waals surface area contributed by atoms with Crippen LogP contribution in [-0.2, 0) is 6.54 Å². The predicted octanol–water partition coefficient (Wildman–Crippen LogP) is 2.89. The molecule has 0 bridgehead atoms. The monoisotopic (exact) mass is 325 g/mol. The van der Waals surface area contributed by atoms with Crippen LogP contribution >= 0.6 is 11.3 Å². The summed E-state index contributed by atoms with van der Waals surface area (Å²) in [5.74, 6) is 0.499. The minimum atomic E-state index is -0.144. The number of aryl methyl sites for hydroxylation is 2. The summed E-state index contributed by atoms with van der Waals surface area (Å²) in [6.45, 7) is 4.57. The Balaban J connectivity index is 1.83. The van der Waals surface area contributed by atoms with Gasteiger partial charge in [-0.2, -0.15) is 0 Å². The predicted molar refractivity (Wildman–Crippen MR) is 89.0 cm³/mol. The number of nitrogens with one attached hydrogen (secondary N) is 2. The molecule has 5 nitrogen and oxygen atoms in total. The zero-order chi connectivity index (χ0) is 15.9. The Kier molecular flexibility index (Phi) is 6.64. The van der Waals surface area contributed by atoms with Crippen LogP contribution in [-0.4, -0.2) is 28.8 Å². The van der Waals surface area contributed by atoms with Crippen molar-refractivity contribution in [2.24, 2.45) is 5.92 Å². The maximum Gasteiger partial charge on any atom is 0.315 e. The number of nitrogens with zero attached hydrogens (tertiary/aromatic N) is 1. The Hall–Kier alpha value is -1.14. The van der Waals surface area contributed by atoms with Crippen molar-refractivity contribution in [2.45, 2.75) is 65.0 Å². The van der Waals surface area contributed by atoms with E-state index in [2.05, 4.69) is 15.6 Å². The van der Waals surface area contributed by atoms with E-state index in [4.69, 9.17) is 0 Å². The number of amides is 2. The number of carbonyl (C=O) groups is 1. The SMILES string of the molecule is Cc1nc(C)c(CNC(=O)NC(CCO)C2CCCCC2)s1. The molecule has 1 aromatic rings. The van der Waals surface area contributed by atoms with Gasteiger partial charge in [-0.25, -0.2) is 9.78 Å². The van der Waals surface area contributed by atoms with Gasteiger partial charge in [-0.3, -0.25) is 0 Å². The van der Waals surface area contributed by atoms with Crippen molar-refractivity contribution < 1.29 is 9.90 Å². The van der Waals surface area contributed by atoms with Crippen LogP contribution in [0.5, 0.6) is 0 Å². The molecule has 0 spiro atoms. The van der Waals surface area contributed by atoms with Gasteiger partial charge in [0.25, 0.3) is 0 Å². The lowest BCUT2D eigenvalue weighted by atomic mass is 9.83. The lowest BCUT2D eigenvalue weighted by Crippen LogP contribution is -2.46. The number of urea groups is 1. The molecule has 0 saturated heterocycles. The fourth-order valence-corrected chi connectivity index (χ4v) is 4.10. The lowest BCUT2D eigenvalue weighted by molar-refractivity contribution is 0.196. The van der Waals surface area contributed by atoms with Crippen molar-refractivity contribution in [3.05, 3.63) is 15.6 Å². The first-order valence-electron chi connectivity index (χ1n) is 8.18. The van der Waals surface area contributed by atoms with E-state index in [0.29, 0.717) is 18.9 Å². The van der Waals surface area contributed by atoms with Gasteiger partial charge in [-0.05, 0) is 39.0 Å². The molecule has 0 aliphatic heterocycles. The molecular weight excluding hydrogens is 298 g/mol. The van der Waals surface area contributed by atoms with Crippen molar-refractivity contribution in [1.29, 1.82) is 0 Å². The number of aliphatic hydroxyl groups is 1. The summed E-state index contributed by atoms with van der Waals surface area (Å²) >= 11 is 1.62. The molecule has 1 aromatic heterocycles. The molecule has 22 heavy (non-hydrogen) atoms. The van der Waals surface area contributed by atoms with Crippen molar-refractivity contribution in [1.82, 2.24) is 15.6 Å². The molecule has 6 heteroatoms. The molecule has 3 N–H and O–H groups in total. The zero-order valence-corrected chi connectivity index (χ0v) is 14.3. The van der Waals surface area contributed by atoms with Crippen LogP contribution < -0.4 is 10.6 Å². The highest BCUT2D eigenvalue weighted by Gasteiger charge is 2.24. The summed E-state index contributed by atoms with van der Waals surface area (Å²) in [7, 11) is 0. The molecule has 1 atom stereocenters. The minimum Gasteiger partial charge on any atom is -0.396 e. The van der Waals surface area contributed by atoms with E-state index in [1.165, 1.54) is 19.3 Å². The Morgan fingerprint density at radius 1 is 1.36 bits per heavy atom. The van der Waals surface area contributed by atoms with Gasteiger partial charge in [0, 0.05) is 17.5 Å². The summed E-state index contributed by atoms with van der Waals surface area (Å²) in [4.78, 5) is 17.6. The van der Waals surface area contributed by atoms with E-state index in [1.807, 2.05) is 13.8 Å². The normalized spacial score (nSPS) is 17.2. The second-order valence-electron chi connectivity index (χ2n) is 6.09. The minimum absolute atomic E-state index is 0.0783. The summed E-state index contributed by atoms with van der Waals surface area (Å²) < 4.78 is 0. The first-order valence-corrected chi connectivity index (χ1v) is 9.00. The number of hydrogen-bond acceptors (Lipinski definition) is 4. The third kappa shape index (κ3) is 4.95. The quantitative estimate of drug-likeness (QED) is 0.753. The van der Waals surface area contributed by atoms with Crippen LogP contribution in [0.2, 0.25) is 0 Å². The summed E-state index contributed by atoms with van der Waals surface area (Å²) in [6, 6.07) is -0.0657. The van der Waals surface area contributed by atoms with E-state index in [0.717, 1.165) is 28.4 Å². The van der Waals surface area contributed by atoms with Crippen LogP contribution in [0.25, 0.3) is 0 Å². The zero-order valence-electron chi connectivity index (χ0n) is 13.5. The van der Waals surface area contributed by atoms with Crippen molar-refractivity contribution in [2.75, 3.05) is 6.61 Å². The number of carbonyl (C=O) groups excluding carboxylic acids is 1. The first-order chi connectivity index (χ1) is 10.6. The summed E-state index contributed by atoms with van der Waals surface area (Å²) in [6.07, 6.45) is 6.69. The molecular formula is C16H27N3O2S. The van der Waals surface area contributed by atoms with Gasteiger partial charge in [-0.1, -0.05) is 19.3 Å². The van der Waals surface area contributed by atoms with Gasteiger partial charge in [-0.15, -0.1) is 11.3 Å². The van der Waals surface area contributed by atoms with Gasteiger partial charge in [0.1, 0.15) is 0 Å². The van der Waals surface area contributed by atoms with Gasteiger partial charge >= 0.3 is 6.03 Å². The lowest BCUT2D eigenvalue weighted by Gasteiger charge is -2.30. The molecule has 124 valence electrons. The Morgan fingerprint density at radius 2 is 2.09 bits per heavy atom.